The molecule has 0 fully saturated rings. The van der Waals surface area contributed by atoms with Gasteiger partial charge in [-0.25, -0.2) is 12.7 Å². The van der Waals surface area contributed by atoms with Crippen LogP contribution in [0.25, 0.3) is 4.91 Å². The van der Waals surface area contributed by atoms with Crippen LogP contribution < -0.4 is 5.32 Å². The highest BCUT2D eigenvalue weighted by molar-refractivity contribution is 7.99. The van der Waals surface area contributed by atoms with E-state index < -0.39 is 28.4 Å². The predicted octanol–water partition coefficient (Wildman–Crippen LogP) is 3.35. The summed E-state index contributed by atoms with van der Waals surface area (Å²) in [5.41, 5.74) is 3.19. The number of carbonyl (C=O) groups is 2. The van der Waals surface area contributed by atoms with E-state index >= 15 is 0 Å². The van der Waals surface area contributed by atoms with Crippen LogP contribution in [0.1, 0.15) is 37.5 Å². The van der Waals surface area contributed by atoms with Crippen molar-refractivity contribution in [1.82, 2.24) is 4.31 Å². The lowest BCUT2D eigenvalue weighted by Gasteiger charge is -2.17. The van der Waals surface area contributed by atoms with Crippen LogP contribution in [0.3, 0.4) is 0 Å². The van der Waals surface area contributed by atoms with Crippen molar-refractivity contribution in [3.05, 3.63) is 70.8 Å². The first-order valence-electron chi connectivity index (χ1n) is 9.54. The average Bonchev–Trinajstić information content (AvgIpc) is 2.87. The topological polar surface area (TPSA) is 83.6 Å². The molecule has 0 unspecified atom stereocenters. The zero-order valence-electron chi connectivity index (χ0n) is 16.7. The molecule has 0 spiro atoms. The van der Waals surface area contributed by atoms with Crippen LogP contribution in [0.15, 0.2) is 54.1 Å². The van der Waals surface area contributed by atoms with Crippen molar-refractivity contribution in [1.29, 1.82) is 0 Å². The van der Waals surface area contributed by atoms with E-state index in [4.69, 9.17) is 0 Å². The van der Waals surface area contributed by atoms with Gasteiger partial charge in [0.1, 0.15) is 11.4 Å². The fraction of sp³-hybridized carbons (Fsp3) is 0.273. The van der Waals surface area contributed by atoms with Crippen LogP contribution in [-0.4, -0.2) is 31.1 Å². The first-order chi connectivity index (χ1) is 13.8. The Labute approximate surface area is 171 Å². The van der Waals surface area contributed by atoms with Gasteiger partial charge in [-0.05, 0) is 42.5 Å². The number of benzene rings is 2. The summed E-state index contributed by atoms with van der Waals surface area (Å²) >= 11 is 0. The summed E-state index contributed by atoms with van der Waals surface area (Å²) in [4.78, 5) is 25.1. The summed E-state index contributed by atoms with van der Waals surface area (Å²) in [5.74, 6) is -1.23. The number of nitrogens with zero attached hydrogens (tertiary/aromatic N) is 1. The zero-order valence-corrected chi connectivity index (χ0v) is 17.5. The van der Waals surface area contributed by atoms with Gasteiger partial charge in [0.2, 0.25) is 5.91 Å². The summed E-state index contributed by atoms with van der Waals surface area (Å²) in [7, 11) is -4.10. The minimum absolute atomic E-state index is 0.0353. The maximum Gasteiger partial charge on any atom is 0.268 e. The summed E-state index contributed by atoms with van der Waals surface area (Å²) in [6.45, 7) is 4.88. The van der Waals surface area contributed by atoms with Crippen LogP contribution in [-0.2, 0) is 32.5 Å². The number of para-hydroxylation sites is 1. The molecule has 0 atom stereocenters. The second kappa shape index (κ2) is 8.21. The largest absolute Gasteiger partial charge is 0.324 e. The molecule has 2 amide bonds. The van der Waals surface area contributed by atoms with Crippen molar-refractivity contribution in [3.63, 3.8) is 0 Å². The average molecular weight is 413 g/mol. The highest BCUT2D eigenvalue weighted by Gasteiger charge is 2.43. The van der Waals surface area contributed by atoms with Gasteiger partial charge in [-0.15, -0.1) is 0 Å². The lowest BCUT2D eigenvalue weighted by atomic mass is 10.1. The molecule has 2 aromatic rings. The Kier molecular flexibility index (Phi) is 5.88. The first kappa shape index (κ1) is 20.8. The lowest BCUT2D eigenvalue weighted by Crippen LogP contribution is -2.38. The summed E-state index contributed by atoms with van der Waals surface area (Å²) < 4.78 is 26.7. The molecule has 0 saturated heterocycles. The second-order valence-corrected chi connectivity index (χ2v) is 8.68. The Morgan fingerprint density at radius 3 is 2.28 bits per heavy atom. The van der Waals surface area contributed by atoms with Gasteiger partial charge in [0.05, 0.1) is 0 Å². The van der Waals surface area contributed by atoms with Gasteiger partial charge in [-0.1, -0.05) is 56.3 Å². The Bertz CT molecular complexity index is 1090. The first-order valence-corrected chi connectivity index (χ1v) is 11.0. The lowest BCUT2D eigenvalue weighted by molar-refractivity contribution is -0.126. The number of aryl methyl sites for hydroxylation is 2. The maximum atomic E-state index is 13.0. The predicted molar refractivity (Wildman–Crippen MR) is 113 cm³/mol. The van der Waals surface area contributed by atoms with Crippen LogP contribution in [0, 0.1) is 0 Å². The van der Waals surface area contributed by atoms with E-state index in [-0.39, 0.29) is 10.5 Å². The SMILES string of the molecule is CCc1ccc(C2=C(C)C(=O)N(CC(=O)Nc3ccccc3CC)S2(=O)=O)cc1. The van der Waals surface area contributed by atoms with Crippen LogP contribution in [0.4, 0.5) is 5.69 Å². The quantitative estimate of drug-likeness (QED) is 0.789. The van der Waals surface area contributed by atoms with E-state index in [2.05, 4.69) is 5.32 Å². The number of hydrogen-bond acceptors (Lipinski definition) is 4. The molecule has 0 aromatic heterocycles. The molecule has 0 saturated carbocycles. The molecule has 0 radical (unpaired) electrons. The zero-order chi connectivity index (χ0) is 21.2. The van der Waals surface area contributed by atoms with E-state index in [1.54, 1.807) is 24.3 Å². The van der Waals surface area contributed by atoms with Gasteiger partial charge in [-0.2, -0.15) is 0 Å². The van der Waals surface area contributed by atoms with Gasteiger partial charge in [0.15, 0.2) is 0 Å². The van der Waals surface area contributed by atoms with Crippen molar-refractivity contribution >= 4 is 32.4 Å². The fourth-order valence-corrected chi connectivity index (χ4v) is 5.15. The maximum absolute atomic E-state index is 13.0. The third-order valence-corrected chi connectivity index (χ3v) is 6.95. The van der Waals surface area contributed by atoms with Crippen molar-refractivity contribution in [2.24, 2.45) is 0 Å². The van der Waals surface area contributed by atoms with Gasteiger partial charge in [0.25, 0.3) is 15.9 Å². The standard InChI is InChI=1S/C22H24N2O4S/c1-4-16-10-12-18(13-11-16)21-15(3)22(26)24(29(21,27)28)14-20(25)23-19-9-7-6-8-17(19)5-2/h6-13H,4-5,14H2,1-3H3,(H,23,25). The molecular formula is C22H24N2O4S. The molecule has 0 bridgehead atoms. The highest BCUT2D eigenvalue weighted by atomic mass is 32.2. The number of sulfonamides is 1. The minimum Gasteiger partial charge on any atom is -0.324 e. The number of carbonyl (C=O) groups excluding carboxylic acids is 2. The van der Waals surface area contributed by atoms with Crippen molar-refractivity contribution in [2.45, 2.75) is 33.6 Å². The minimum atomic E-state index is -4.10. The molecule has 1 aliphatic rings. The molecule has 3 rings (SSSR count). The molecule has 7 heteroatoms. The summed E-state index contributed by atoms with van der Waals surface area (Å²) in [5, 5.41) is 2.72. The van der Waals surface area contributed by atoms with Gasteiger partial charge in [0, 0.05) is 11.3 Å². The monoisotopic (exact) mass is 412 g/mol. The van der Waals surface area contributed by atoms with E-state index in [0.717, 1.165) is 24.0 Å². The van der Waals surface area contributed by atoms with E-state index in [0.29, 0.717) is 15.6 Å². The third-order valence-electron chi connectivity index (χ3n) is 5.02. The van der Waals surface area contributed by atoms with Gasteiger partial charge >= 0.3 is 0 Å². The molecule has 152 valence electrons. The van der Waals surface area contributed by atoms with Crippen molar-refractivity contribution in [3.8, 4) is 0 Å². The number of hydrogen-bond donors (Lipinski definition) is 1. The molecule has 2 aromatic carbocycles. The molecule has 1 aliphatic heterocycles. The number of nitrogens with one attached hydrogen (secondary N) is 1. The summed E-state index contributed by atoms with van der Waals surface area (Å²) in [6, 6.07) is 14.4. The highest BCUT2D eigenvalue weighted by Crippen LogP contribution is 2.35. The van der Waals surface area contributed by atoms with Crippen molar-refractivity contribution < 1.29 is 18.0 Å². The summed E-state index contributed by atoms with van der Waals surface area (Å²) in [6.07, 6.45) is 1.55. The normalized spacial score (nSPS) is 15.7. The molecule has 6 nitrogen and oxygen atoms in total. The Morgan fingerprint density at radius 2 is 1.66 bits per heavy atom. The fourth-order valence-electron chi connectivity index (χ4n) is 3.38. The number of amides is 2. The smallest absolute Gasteiger partial charge is 0.268 e. The molecular weight excluding hydrogens is 388 g/mol. The Hall–Kier alpha value is -2.93. The van der Waals surface area contributed by atoms with Gasteiger partial charge < -0.3 is 5.32 Å². The van der Waals surface area contributed by atoms with Crippen LogP contribution >= 0.6 is 0 Å². The van der Waals surface area contributed by atoms with E-state index in [1.165, 1.54) is 6.92 Å². The van der Waals surface area contributed by atoms with Crippen LogP contribution in [0.5, 0.6) is 0 Å². The number of rotatable bonds is 6. The van der Waals surface area contributed by atoms with E-state index in [9.17, 15) is 18.0 Å². The second-order valence-electron chi connectivity index (χ2n) is 6.88. The van der Waals surface area contributed by atoms with E-state index in [1.807, 2.05) is 38.1 Å². The Balaban J connectivity index is 1.84. The molecule has 1 N–H and O–H groups in total. The Morgan fingerprint density at radius 1 is 1.00 bits per heavy atom. The molecule has 0 aliphatic carbocycles. The molecule has 1 heterocycles. The third kappa shape index (κ3) is 3.96. The molecule has 29 heavy (non-hydrogen) atoms. The van der Waals surface area contributed by atoms with Gasteiger partial charge in [-0.3, -0.25) is 9.59 Å². The van der Waals surface area contributed by atoms with Crippen molar-refractivity contribution in [2.75, 3.05) is 11.9 Å². The van der Waals surface area contributed by atoms with Crippen LogP contribution in [0.2, 0.25) is 0 Å². The number of anilines is 1.